The Morgan fingerprint density at radius 3 is 2.17 bits per heavy atom. The van der Waals surface area contributed by atoms with E-state index in [2.05, 4.69) is 5.32 Å². The first kappa shape index (κ1) is 24.6. The molecule has 2 aromatic rings. The van der Waals surface area contributed by atoms with Crippen molar-refractivity contribution >= 4 is 18.0 Å². The molecule has 10 heteroatoms. The number of rotatable bonds is 7. The predicted molar refractivity (Wildman–Crippen MR) is 120 cm³/mol. The Labute approximate surface area is 199 Å². The number of carboxylic acid groups (broad SMARTS) is 1. The first-order chi connectivity index (χ1) is 16.7. The van der Waals surface area contributed by atoms with Crippen LogP contribution in [0.3, 0.4) is 0 Å². The van der Waals surface area contributed by atoms with Crippen LogP contribution < -0.4 is 10.6 Å². The smallest absolute Gasteiger partial charge is 0.417 e. The first-order valence-corrected chi connectivity index (χ1v) is 11.4. The van der Waals surface area contributed by atoms with Gasteiger partial charge in [-0.2, -0.15) is 13.2 Å². The average Bonchev–Trinajstić information content (AvgIpc) is 3.42. The molecule has 2 aliphatic carbocycles. The van der Waals surface area contributed by atoms with Crippen molar-refractivity contribution in [1.29, 1.82) is 0 Å². The van der Waals surface area contributed by atoms with Gasteiger partial charge in [0.1, 0.15) is 6.61 Å². The Hall–Kier alpha value is -3.56. The van der Waals surface area contributed by atoms with Gasteiger partial charge in [-0.25, -0.2) is 4.79 Å². The summed E-state index contributed by atoms with van der Waals surface area (Å²) in [6.07, 6.45) is -4.89. The maximum Gasteiger partial charge on any atom is 0.417 e. The number of carboxylic acids is 1. The van der Waals surface area contributed by atoms with Gasteiger partial charge in [0.25, 0.3) is 5.91 Å². The van der Waals surface area contributed by atoms with Crippen molar-refractivity contribution in [3.63, 3.8) is 0 Å². The average molecular weight is 490 g/mol. The van der Waals surface area contributed by atoms with Crippen molar-refractivity contribution in [2.75, 3.05) is 13.2 Å². The van der Waals surface area contributed by atoms with Gasteiger partial charge in [-0.3, -0.25) is 9.59 Å². The molecule has 0 radical (unpaired) electrons. The summed E-state index contributed by atoms with van der Waals surface area (Å²) in [5.41, 5.74) is 3.74. The molecular weight excluding hydrogens is 465 g/mol. The quantitative estimate of drug-likeness (QED) is 0.543. The minimum atomic E-state index is -5.06. The Balaban J connectivity index is 1.38. The lowest BCUT2D eigenvalue weighted by molar-refractivity contribution is -0.168. The number of halogens is 3. The Morgan fingerprint density at radius 2 is 1.60 bits per heavy atom. The number of ether oxygens (including phenoxy) is 1. The summed E-state index contributed by atoms with van der Waals surface area (Å²) in [5, 5.41) is 13.0. The van der Waals surface area contributed by atoms with Gasteiger partial charge in [-0.05, 0) is 41.0 Å². The van der Waals surface area contributed by atoms with Crippen molar-refractivity contribution in [3.05, 3.63) is 59.7 Å². The summed E-state index contributed by atoms with van der Waals surface area (Å²) < 4.78 is 45.8. The van der Waals surface area contributed by atoms with Crippen LogP contribution in [0.1, 0.15) is 36.3 Å². The molecule has 2 aromatic carbocycles. The Kier molecular flexibility index (Phi) is 7.00. The second-order valence-corrected chi connectivity index (χ2v) is 8.83. The summed E-state index contributed by atoms with van der Waals surface area (Å²) in [7, 11) is 0. The van der Waals surface area contributed by atoms with Gasteiger partial charge in [0.2, 0.25) is 6.04 Å². The number of alkyl carbamates (subject to hydrolysis) is 1. The number of carbonyl (C=O) groups excluding carboxylic acids is 2. The molecule has 186 valence electrons. The molecule has 1 fully saturated rings. The molecule has 0 aliphatic heterocycles. The summed E-state index contributed by atoms with van der Waals surface area (Å²) in [6, 6.07) is 12.2. The van der Waals surface area contributed by atoms with E-state index in [-0.39, 0.29) is 19.1 Å². The number of benzene rings is 2. The number of amides is 2. The lowest BCUT2D eigenvalue weighted by atomic mass is 9.96. The van der Waals surface area contributed by atoms with Gasteiger partial charge in [0.15, 0.2) is 0 Å². The van der Waals surface area contributed by atoms with Crippen LogP contribution >= 0.6 is 0 Å². The first-order valence-electron chi connectivity index (χ1n) is 11.4. The Bertz CT molecular complexity index is 1070. The third-order valence-corrected chi connectivity index (χ3v) is 6.71. The van der Waals surface area contributed by atoms with Crippen LogP contribution in [-0.4, -0.2) is 48.4 Å². The maximum absolute atomic E-state index is 13.5. The van der Waals surface area contributed by atoms with Crippen molar-refractivity contribution in [2.45, 2.75) is 37.4 Å². The number of hydrogen-bond donors (Lipinski definition) is 3. The number of carbonyl (C=O) groups is 3. The van der Waals surface area contributed by atoms with E-state index in [1.54, 1.807) is 5.32 Å². The highest BCUT2D eigenvalue weighted by Gasteiger charge is 2.47. The lowest BCUT2D eigenvalue weighted by Crippen LogP contribution is -2.55. The molecule has 0 spiro atoms. The minimum Gasteiger partial charge on any atom is -0.481 e. The van der Waals surface area contributed by atoms with E-state index in [0.29, 0.717) is 19.3 Å². The fraction of sp³-hybridized carbons (Fsp3) is 0.400. The zero-order chi connectivity index (χ0) is 25.2. The molecule has 1 unspecified atom stereocenters. The third-order valence-electron chi connectivity index (χ3n) is 6.71. The largest absolute Gasteiger partial charge is 0.481 e. The van der Waals surface area contributed by atoms with E-state index in [4.69, 9.17) is 4.74 Å². The monoisotopic (exact) mass is 490 g/mol. The van der Waals surface area contributed by atoms with E-state index < -0.39 is 42.0 Å². The fourth-order valence-corrected chi connectivity index (χ4v) is 4.99. The van der Waals surface area contributed by atoms with E-state index in [9.17, 15) is 32.7 Å². The van der Waals surface area contributed by atoms with Crippen LogP contribution in [0.2, 0.25) is 0 Å². The fourth-order valence-electron chi connectivity index (χ4n) is 4.99. The molecule has 35 heavy (non-hydrogen) atoms. The number of fused-ring (bicyclic) bond motifs is 3. The molecule has 3 N–H and O–H groups in total. The second kappa shape index (κ2) is 9.97. The second-order valence-electron chi connectivity index (χ2n) is 8.83. The van der Waals surface area contributed by atoms with Gasteiger partial charge < -0.3 is 20.5 Å². The van der Waals surface area contributed by atoms with Crippen molar-refractivity contribution in [3.8, 4) is 11.1 Å². The van der Waals surface area contributed by atoms with Crippen LogP contribution in [0.5, 0.6) is 0 Å². The zero-order valence-corrected chi connectivity index (χ0v) is 18.7. The standard InChI is InChI=1S/C25H25F3N2O5/c26-25(27,28)21(22(31)29-12-14-6-5-11-15(14)23(32)33)30-24(34)35-13-20-18-9-3-1-7-16(18)17-8-2-4-10-19(17)20/h1-4,7-10,14-15,20-21H,5-6,11-13H2,(H,29,31)(H,30,34)(H,32,33)/t14-,15-,21?/m0/s1. The van der Waals surface area contributed by atoms with E-state index >= 15 is 0 Å². The SMILES string of the molecule is O=C(NC(C(=O)NC[C@@H]1CCC[C@@H]1C(=O)O)C(F)(F)F)OCC1c2ccccc2-c2ccccc21. The molecule has 7 nitrogen and oxygen atoms in total. The van der Waals surface area contributed by atoms with Gasteiger partial charge in [0, 0.05) is 12.5 Å². The van der Waals surface area contributed by atoms with Crippen molar-refractivity contribution in [1.82, 2.24) is 10.6 Å². The van der Waals surface area contributed by atoms with Crippen molar-refractivity contribution < 1.29 is 37.4 Å². The number of alkyl halides is 3. The molecule has 2 amide bonds. The van der Waals surface area contributed by atoms with Gasteiger partial charge in [-0.1, -0.05) is 55.0 Å². The zero-order valence-electron chi connectivity index (χ0n) is 18.7. The molecular formula is C25H25F3N2O5. The molecule has 1 saturated carbocycles. The molecule has 0 aromatic heterocycles. The van der Waals surface area contributed by atoms with Crippen LogP contribution in [0.15, 0.2) is 48.5 Å². The normalized spacial score (nSPS) is 20.0. The number of aliphatic carboxylic acids is 1. The molecule has 4 rings (SSSR count). The predicted octanol–water partition coefficient (Wildman–Crippen LogP) is 4.07. The molecule has 0 heterocycles. The van der Waals surface area contributed by atoms with E-state index in [0.717, 1.165) is 22.3 Å². The minimum absolute atomic E-state index is 0.200. The van der Waals surface area contributed by atoms with E-state index in [1.165, 1.54) is 0 Å². The Morgan fingerprint density at radius 1 is 1.00 bits per heavy atom. The van der Waals surface area contributed by atoms with Gasteiger partial charge in [0.05, 0.1) is 5.92 Å². The highest BCUT2D eigenvalue weighted by Crippen LogP contribution is 2.44. The van der Waals surface area contributed by atoms with Crippen LogP contribution in [0.4, 0.5) is 18.0 Å². The topological polar surface area (TPSA) is 105 Å². The highest BCUT2D eigenvalue weighted by molar-refractivity contribution is 5.86. The molecule has 0 saturated heterocycles. The third kappa shape index (κ3) is 5.26. The van der Waals surface area contributed by atoms with Gasteiger partial charge >= 0.3 is 18.2 Å². The maximum atomic E-state index is 13.5. The van der Waals surface area contributed by atoms with E-state index in [1.807, 2.05) is 48.5 Å². The van der Waals surface area contributed by atoms with Crippen LogP contribution in [-0.2, 0) is 14.3 Å². The molecule has 2 aliphatic rings. The molecule has 0 bridgehead atoms. The summed E-state index contributed by atoms with van der Waals surface area (Å²) >= 11 is 0. The van der Waals surface area contributed by atoms with Gasteiger partial charge in [-0.15, -0.1) is 0 Å². The van der Waals surface area contributed by atoms with Crippen LogP contribution in [0, 0.1) is 11.8 Å². The van der Waals surface area contributed by atoms with Crippen molar-refractivity contribution in [2.24, 2.45) is 11.8 Å². The summed E-state index contributed by atoms with van der Waals surface area (Å²) in [4.78, 5) is 35.9. The van der Waals surface area contributed by atoms with Crippen LogP contribution in [0.25, 0.3) is 11.1 Å². The lowest BCUT2D eigenvalue weighted by Gasteiger charge is -2.23. The number of nitrogens with one attached hydrogen (secondary N) is 2. The molecule has 3 atom stereocenters. The number of hydrogen-bond acceptors (Lipinski definition) is 4. The summed E-state index contributed by atoms with van der Waals surface area (Å²) in [5.74, 6) is -4.01. The summed E-state index contributed by atoms with van der Waals surface area (Å²) in [6.45, 7) is -0.414. The highest BCUT2D eigenvalue weighted by atomic mass is 19.4.